The van der Waals surface area contributed by atoms with Gasteiger partial charge in [0.15, 0.2) is 0 Å². The second-order valence-corrected chi connectivity index (χ2v) is 13.5. The van der Waals surface area contributed by atoms with Gasteiger partial charge in [0.05, 0.1) is 33.3 Å². The van der Waals surface area contributed by atoms with Crippen LogP contribution in [-0.4, -0.2) is 60.5 Å². The first-order chi connectivity index (χ1) is 23.7. The van der Waals surface area contributed by atoms with E-state index in [1.165, 1.54) is 5.56 Å². The molecule has 7 rings (SSSR count). The molecule has 0 atom stereocenters. The van der Waals surface area contributed by atoms with Gasteiger partial charge in [0.1, 0.15) is 5.65 Å². The van der Waals surface area contributed by atoms with Crippen LogP contribution < -0.4 is 10.6 Å². The van der Waals surface area contributed by atoms with Gasteiger partial charge < -0.3 is 20.6 Å². The number of aromatic nitrogens is 4. The second-order valence-electron chi connectivity index (χ2n) is 13.1. The van der Waals surface area contributed by atoms with Gasteiger partial charge in [-0.3, -0.25) is 9.20 Å². The molecule has 3 aromatic heterocycles. The van der Waals surface area contributed by atoms with E-state index in [1.54, 1.807) is 30.5 Å². The quantitative estimate of drug-likeness (QED) is 0.143. The summed E-state index contributed by atoms with van der Waals surface area (Å²) in [5.41, 5.74) is 6.41. The first-order valence-electron chi connectivity index (χ1n) is 16.5. The number of nitrogens with zero attached hydrogens (tertiary/aromatic N) is 5. The predicted molar refractivity (Wildman–Crippen MR) is 195 cm³/mol. The van der Waals surface area contributed by atoms with Gasteiger partial charge in [-0.25, -0.2) is 15.0 Å². The first-order valence-corrected chi connectivity index (χ1v) is 16.9. The van der Waals surface area contributed by atoms with E-state index in [4.69, 9.17) is 21.6 Å². The summed E-state index contributed by atoms with van der Waals surface area (Å²) in [5, 5.41) is 16.9. The van der Waals surface area contributed by atoms with Crippen molar-refractivity contribution in [3.8, 4) is 22.6 Å². The molecule has 248 valence electrons. The van der Waals surface area contributed by atoms with E-state index in [9.17, 15) is 9.90 Å². The number of carbonyl (C=O) groups excluding carboxylic acids is 1. The summed E-state index contributed by atoms with van der Waals surface area (Å²) in [6.07, 6.45) is 5.86. The smallest absolute Gasteiger partial charge is 0.257 e. The molecule has 3 aromatic carbocycles. The van der Waals surface area contributed by atoms with E-state index >= 15 is 0 Å². The highest BCUT2D eigenvalue weighted by Gasteiger charge is 2.25. The first kappa shape index (κ1) is 32.5. The number of benzene rings is 3. The molecule has 0 spiro atoms. The van der Waals surface area contributed by atoms with Crippen molar-refractivity contribution in [3.63, 3.8) is 0 Å². The van der Waals surface area contributed by atoms with Gasteiger partial charge in [-0.05, 0) is 106 Å². The molecule has 0 bridgehead atoms. The van der Waals surface area contributed by atoms with Crippen molar-refractivity contribution in [1.29, 1.82) is 0 Å². The van der Waals surface area contributed by atoms with E-state index < -0.39 is 5.60 Å². The minimum absolute atomic E-state index is 0.287. The van der Waals surface area contributed by atoms with Crippen molar-refractivity contribution in [1.82, 2.24) is 24.3 Å². The van der Waals surface area contributed by atoms with E-state index in [-0.39, 0.29) is 5.91 Å². The van der Waals surface area contributed by atoms with Crippen molar-refractivity contribution < 1.29 is 9.90 Å². The molecule has 3 N–H and O–H groups in total. The number of amides is 1. The molecule has 0 saturated carbocycles. The van der Waals surface area contributed by atoms with Crippen LogP contribution in [-0.2, 0) is 0 Å². The van der Waals surface area contributed by atoms with Crippen LogP contribution in [0.15, 0.2) is 109 Å². The Kier molecular flexibility index (Phi) is 9.14. The van der Waals surface area contributed by atoms with Crippen LogP contribution in [0.4, 0.5) is 17.3 Å². The van der Waals surface area contributed by atoms with Crippen molar-refractivity contribution >= 4 is 40.5 Å². The van der Waals surface area contributed by atoms with Crippen LogP contribution in [0, 0.1) is 0 Å². The Morgan fingerprint density at radius 3 is 2.47 bits per heavy atom. The van der Waals surface area contributed by atoms with Crippen molar-refractivity contribution in [2.24, 2.45) is 0 Å². The van der Waals surface area contributed by atoms with E-state index in [2.05, 4.69) is 44.8 Å². The average Bonchev–Trinajstić information content (AvgIpc) is 3.49. The minimum atomic E-state index is -0.672. The fourth-order valence-corrected chi connectivity index (χ4v) is 6.74. The number of hydrogen-bond acceptors (Lipinski definition) is 7. The summed E-state index contributed by atoms with van der Waals surface area (Å²) in [6.45, 7) is 6.41. The third kappa shape index (κ3) is 7.49. The van der Waals surface area contributed by atoms with Gasteiger partial charge in [-0.2, -0.15) is 0 Å². The molecular formula is C39H38ClN7O2. The number of pyridine rings is 1. The topological polar surface area (TPSA) is 108 Å². The van der Waals surface area contributed by atoms with Crippen LogP contribution >= 0.6 is 11.6 Å². The highest BCUT2D eigenvalue weighted by molar-refractivity contribution is 6.34. The standard InChI is InChI=1S/C39H38ClN7O2/c1-39(2,49)25-46-22-18-27(19-23-46)26-13-15-29(16-14-26)43-38-41-20-17-33(44-38)36-35(45-34-12-5-6-21-47(34)36)28-8-7-9-30(24-28)42-37(48)31-10-3-4-11-32(31)40/h3-17,20-21,24,27,49H,18-19,22-23,25H2,1-2H3,(H,42,48)(H,41,43,44). The maximum Gasteiger partial charge on any atom is 0.257 e. The molecule has 1 aliphatic heterocycles. The summed E-state index contributed by atoms with van der Waals surface area (Å²) in [6, 6.07) is 30.8. The average molecular weight is 672 g/mol. The molecule has 49 heavy (non-hydrogen) atoms. The number of nitrogens with one attached hydrogen (secondary N) is 2. The number of carbonyl (C=O) groups is 1. The van der Waals surface area contributed by atoms with Crippen molar-refractivity contribution in [2.75, 3.05) is 30.3 Å². The van der Waals surface area contributed by atoms with Gasteiger partial charge in [0, 0.05) is 35.9 Å². The molecule has 0 unspecified atom stereocenters. The van der Waals surface area contributed by atoms with Crippen molar-refractivity contribution in [3.05, 3.63) is 126 Å². The van der Waals surface area contributed by atoms with Gasteiger partial charge in [-0.1, -0.05) is 54.1 Å². The maximum absolute atomic E-state index is 13.0. The molecule has 0 aliphatic carbocycles. The predicted octanol–water partition coefficient (Wildman–Crippen LogP) is 8.06. The highest BCUT2D eigenvalue weighted by atomic mass is 35.5. The van der Waals surface area contributed by atoms with Gasteiger partial charge in [-0.15, -0.1) is 0 Å². The molecular weight excluding hydrogens is 634 g/mol. The Labute approximate surface area is 290 Å². The zero-order valence-electron chi connectivity index (χ0n) is 27.5. The zero-order chi connectivity index (χ0) is 34.0. The van der Waals surface area contributed by atoms with Crippen molar-refractivity contribution in [2.45, 2.75) is 38.2 Å². The minimum Gasteiger partial charge on any atom is -0.389 e. The molecule has 4 heterocycles. The summed E-state index contributed by atoms with van der Waals surface area (Å²) in [5.74, 6) is 0.691. The lowest BCUT2D eigenvalue weighted by atomic mass is 9.89. The summed E-state index contributed by atoms with van der Waals surface area (Å²) in [4.78, 5) is 29.8. The molecule has 0 radical (unpaired) electrons. The number of halogens is 1. The van der Waals surface area contributed by atoms with Crippen LogP contribution in [0.3, 0.4) is 0 Å². The Morgan fingerprint density at radius 1 is 0.918 bits per heavy atom. The van der Waals surface area contributed by atoms with Crippen LogP contribution in [0.1, 0.15) is 48.5 Å². The third-order valence-corrected chi connectivity index (χ3v) is 9.11. The Morgan fingerprint density at radius 2 is 1.69 bits per heavy atom. The summed E-state index contributed by atoms with van der Waals surface area (Å²) >= 11 is 6.27. The fourth-order valence-electron chi connectivity index (χ4n) is 6.52. The lowest BCUT2D eigenvalue weighted by Crippen LogP contribution is -2.42. The number of rotatable bonds is 9. The van der Waals surface area contributed by atoms with E-state index in [1.807, 2.05) is 73.0 Å². The number of piperidine rings is 1. The van der Waals surface area contributed by atoms with Gasteiger partial charge >= 0.3 is 0 Å². The largest absolute Gasteiger partial charge is 0.389 e. The van der Waals surface area contributed by atoms with E-state index in [0.29, 0.717) is 40.4 Å². The molecule has 1 amide bonds. The normalized spacial score (nSPS) is 14.2. The number of anilines is 3. The molecule has 1 saturated heterocycles. The number of fused-ring (bicyclic) bond motifs is 1. The SMILES string of the molecule is CC(C)(O)CN1CCC(c2ccc(Nc3nccc(-c4c(-c5cccc(NC(=O)c6ccccc6Cl)c5)nc5ccccn45)n3)cc2)CC1. The maximum atomic E-state index is 13.0. The van der Waals surface area contributed by atoms with Crippen LogP contribution in [0.5, 0.6) is 0 Å². The highest BCUT2D eigenvalue weighted by Crippen LogP contribution is 2.34. The Bertz CT molecular complexity index is 2100. The molecule has 1 fully saturated rings. The summed E-state index contributed by atoms with van der Waals surface area (Å²) < 4.78 is 2.01. The van der Waals surface area contributed by atoms with Crippen LogP contribution in [0.2, 0.25) is 5.02 Å². The number of aliphatic hydroxyl groups is 1. The fraction of sp³-hybridized carbons (Fsp3) is 0.231. The lowest BCUT2D eigenvalue weighted by Gasteiger charge is -2.35. The Hall–Kier alpha value is -5.09. The summed E-state index contributed by atoms with van der Waals surface area (Å²) in [7, 11) is 0. The molecule has 9 nitrogen and oxygen atoms in total. The number of β-amino-alcohol motifs (C(OH)–C–C–N with tert-alkyl or cyclic N) is 1. The lowest BCUT2D eigenvalue weighted by molar-refractivity contribution is 0.0282. The van der Waals surface area contributed by atoms with Gasteiger partial charge in [0.2, 0.25) is 5.95 Å². The zero-order valence-corrected chi connectivity index (χ0v) is 28.2. The number of hydrogen-bond donors (Lipinski definition) is 3. The molecule has 6 aromatic rings. The molecule has 10 heteroatoms. The monoisotopic (exact) mass is 671 g/mol. The van der Waals surface area contributed by atoms with Gasteiger partial charge in [0.25, 0.3) is 5.91 Å². The number of imidazole rings is 1. The van der Waals surface area contributed by atoms with E-state index in [0.717, 1.165) is 54.2 Å². The van der Waals surface area contributed by atoms with Crippen LogP contribution in [0.25, 0.3) is 28.3 Å². The molecule has 1 aliphatic rings. The number of likely N-dealkylation sites (tertiary alicyclic amines) is 1. The second kappa shape index (κ2) is 13.8. The Balaban J connectivity index is 1.11. The third-order valence-electron chi connectivity index (χ3n) is 8.78.